The summed E-state index contributed by atoms with van der Waals surface area (Å²) in [5.74, 6) is 0. The molecule has 1 fully saturated rings. The molecule has 1 saturated carbocycles. The number of hydrogen-bond donors (Lipinski definition) is 1. The number of rotatable bonds is 5. The Hall–Kier alpha value is -1.02. The molecule has 0 bridgehead atoms. The molecule has 2 rings (SSSR count). The summed E-state index contributed by atoms with van der Waals surface area (Å²) in [5.41, 5.74) is 4.37. The zero-order chi connectivity index (χ0) is 14.0. The minimum atomic E-state index is 0.164. The second-order valence-electron chi connectivity index (χ2n) is 6.75. The fourth-order valence-corrected chi connectivity index (χ4v) is 2.51. The summed E-state index contributed by atoms with van der Waals surface area (Å²) in [4.78, 5) is 2.57. The van der Waals surface area contributed by atoms with Gasteiger partial charge in [0.25, 0.3) is 0 Å². The molecule has 0 aliphatic heterocycles. The third kappa shape index (κ3) is 3.97. The third-order valence-corrected chi connectivity index (χ3v) is 3.68. The summed E-state index contributed by atoms with van der Waals surface area (Å²) in [6.45, 7) is 13.2. The van der Waals surface area contributed by atoms with Gasteiger partial charge in [-0.15, -0.1) is 0 Å². The quantitative estimate of drug-likeness (QED) is 0.864. The standard InChI is InChI=1S/C17H28N2/c1-6-19(15-8-9-15)16-10-7-13(2)11-14(16)12-18-17(3,4)5/h7,10-11,15,18H,6,8-9,12H2,1-5H3. The molecular weight excluding hydrogens is 232 g/mol. The minimum absolute atomic E-state index is 0.164. The fraction of sp³-hybridized carbons (Fsp3) is 0.647. The Morgan fingerprint density at radius 3 is 2.47 bits per heavy atom. The van der Waals surface area contributed by atoms with Crippen LogP contribution in [0.15, 0.2) is 18.2 Å². The number of nitrogens with zero attached hydrogens (tertiary/aromatic N) is 1. The molecule has 2 nitrogen and oxygen atoms in total. The molecule has 1 aliphatic carbocycles. The molecule has 0 aromatic heterocycles. The second-order valence-corrected chi connectivity index (χ2v) is 6.75. The van der Waals surface area contributed by atoms with Crippen LogP contribution in [0.4, 0.5) is 5.69 Å². The van der Waals surface area contributed by atoms with Gasteiger partial charge in [-0.1, -0.05) is 17.7 Å². The van der Waals surface area contributed by atoms with E-state index in [4.69, 9.17) is 0 Å². The van der Waals surface area contributed by atoms with Gasteiger partial charge in [-0.2, -0.15) is 0 Å². The number of nitrogens with one attached hydrogen (secondary N) is 1. The van der Waals surface area contributed by atoms with Crippen molar-refractivity contribution < 1.29 is 0 Å². The van der Waals surface area contributed by atoms with Gasteiger partial charge in [-0.3, -0.25) is 0 Å². The van der Waals surface area contributed by atoms with Crippen molar-refractivity contribution in [3.63, 3.8) is 0 Å². The van der Waals surface area contributed by atoms with Gasteiger partial charge in [0.1, 0.15) is 0 Å². The van der Waals surface area contributed by atoms with E-state index < -0.39 is 0 Å². The van der Waals surface area contributed by atoms with Crippen molar-refractivity contribution in [1.29, 1.82) is 0 Å². The highest BCUT2D eigenvalue weighted by atomic mass is 15.2. The molecule has 0 spiro atoms. The van der Waals surface area contributed by atoms with Crippen LogP contribution >= 0.6 is 0 Å². The molecule has 2 heteroatoms. The number of hydrogen-bond acceptors (Lipinski definition) is 2. The molecule has 0 atom stereocenters. The minimum Gasteiger partial charge on any atom is -0.369 e. The summed E-state index contributed by atoms with van der Waals surface area (Å²) in [6, 6.07) is 7.65. The van der Waals surface area contributed by atoms with Gasteiger partial charge >= 0.3 is 0 Å². The van der Waals surface area contributed by atoms with Crippen LogP contribution in [0.5, 0.6) is 0 Å². The molecule has 19 heavy (non-hydrogen) atoms. The SMILES string of the molecule is CCN(c1ccc(C)cc1CNC(C)(C)C)C1CC1. The van der Waals surface area contributed by atoms with Gasteiger partial charge in [0, 0.05) is 30.4 Å². The van der Waals surface area contributed by atoms with E-state index >= 15 is 0 Å². The first-order chi connectivity index (χ1) is 8.90. The molecule has 0 heterocycles. The maximum atomic E-state index is 3.62. The van der Waals surface area contributed by atoms with E-state index in [0.29, 0.717) is 0 Å². The van der Waals surface area contributed by atoms with Crippen LogP contribution in [0.25, 0.3) is 0 Å². The lowest BCUT2D eigenvalue weighted by Gasteiger charge is -2.28. The van der Waals surface area contributed by atoms with Crippen molar-refractivity contribution in [2.75, 3.05) is 11.4 Å². The zero-order valence-electron chi connectivity index (χ0n) is 13.1. The van der Waals surface area contributed by atoms with Crippen molar-refractivity contribution in [3.8, 4) is 0 Å². The van der Waals surface area contributed by atoms with Crippen LogP contribution in [-0.2, 0) is 6.54 Å². The molecule has 0 radical (unpaired) electrons. The summed E-state index contributed by atoms with van der Waals surface area (Å²) < 4.78 is 0. The van der Waals surface area contributed by atoms with Crippen molar-refractivity contribution in [1.82, 2.24) is 5.32 Å². The van der Waals surface area contributed by atoms with Crippen molar-refractivity contribution in [2.24, 2.45) is 0 Å². The van der Waals surface area contributed by atoms with Crippen LogP contribution < -0.4 is 10.2 Å². The molecule has 0 unspecified atom stereocenters. The molecule has 106 valence electrons. The maximum absolute atomic E-state index is 3.62. The molecule has 1 aromatic rings. The molecule has 0 saturated heterocycles. The Balaban J connectivity index is 2.21. The first-order valence-electron chi connectivity index (χ1n) is 7.52. The Kier molecular flexibility index (Phi) is 4.19. The van der Waals surface area contributed by atoms with Crippen molar-refractivity contribution in [2.45, 2.75) is 65.6 Å². The molecule has 1 aliphatic rings. The summed E-state index contributed by atoms with van der Waals surface area (Å²) in [7, 11) is 0. The summed E-state index contributed by atoms with van der Waals surface area (Å²) in [6.07, 6.45) is 2.71. The van der Waals surface area contributed by atoms with Crippen molar-refractivity contribution in [3.05, 3.63) is 29.3 Å². The first-order valence-corrected chi connectivity index (χ1v) is 7.52. The third-order valence-electron chi connectivity index (χ3n) is 3.68. The van der Waals surface area contributed by atoms with E-state index in [1.165, 1.54) is 29.7 Å². The highest BCUT2D eigenvalue weighted by molar-refractivity contribution is 5.56. The molecular formula is C17H28N2. The van der Waals surface area contributed by atoms with Crippen LogP contribution in [0.3, 0.4) is 0 Å². The van der Waals surface area contributed by atoms with Crippen LogP contribution in [0.2, 0.25) is 0 Å². The lowest BCUT2D eigenvalue weighted by atomic mass is 10.0. The highest BCUT2D eigenvalue weighted by Crippen LogP contribution is 2.33. The zero-order valence-corrected chi connectivity index (χ0v) is 13.1. The van der Waals surface area contributed by atoms with E-state index in [9.17, 15) is 0 Å². The van der Waals surface area contributed by atoms with Gasteiger partial charge in [0.15, 0.2) is 0 Å². The van der Waals surface area contributed by atoms with Crippen LogP contribution in [0, 0.1) is 6.92 Å². The Morgan fingerprint density at radius 2 is 1.95 bits per heavy atom. The van der Waals surface area contributed by atoms with Crippen LogP contribution in [0.1, 0.15) is 51.7 Å². The average Bonchev–Trinajstić information content (AvgIpc) is 3.13. The Morgan fingerprint density at radius 1 is 1.26 bits per heavy atom. The van der Waals surface area contributed by atoms with Gasteiger partial charge in [0.05, 0.1) is 0 Å². The first kappa shape index (κ1) is 14.4. The predicted octanol–water partition coefficient (Wildman–Crippen LogP) is 3.87. The summed E-state index contributed by atoms with van der Waals surface area (Å²) >= 11 is 0. The van der Waals surface area contributed by atoms with Crippen molar-refractivity contribution >= 4 is 5.69 Å². The number of aryl methyl sites for hydroxylation is 1. The second kappa shape index (κ2) is 5.54. The summed E-state index contributed by atoms with van der Waals surface area (Å²) in [5, 5.41) is 3.62. The van der Waals surface area contributed by atoms with Gasteiger partial charge < -0.3 is 10.2 Å². The predicted molar refractivity (Wildman–Crippen MR) is 83.8 cm³/mol. The van der Waals surface area contributed by atoms with E-state index in [1.54, 1.807) is 0 Å². The van der Waals surface area contributed by atoms with E-state index in [1.807, 2.05) is 0 Å². The van der Waals surface area contributed by atoms with Crippen LogP contribution in [-0.4, -0.2) is 18.1 Å². The Labute approximate surface area is 118 Å². The number of benzene rings is 1. The van der Waals surface area contributed by atoms with E-state index in [2.05, 4.69) is 63.0 Å². The van der Waals surface area contributed by atoms with E-state index in [-0.39, 0.29) is 5.54 Å². The average molecular weight is 260 g/mol. The lowest BCUT2D eigenvalue weighted by Crippen LogP contribution is -2.36. The fourth-order valence-electron chi connectivity index (χ4n) is 2.51. The largest absolute Gasteiger partial charge is 0.369 e. The smallest absolute Gasteiger partial charge is 0.0414 e. The van der Waals surface area contributed by atoms with Gasteiger partial charge in [0.2, 0.25) is 0 Å². The van der Waals surface area contributed by atoms with Gasteiger partial charge in [-0.25, -0.2) is 0 Å². The molecule has 1 N–H and O–H groups in total. The monoisotopic (exact) mass is 260 g/mol. The number of anilines is 1. The Bertz CT molecular complexity index is 427. The van der Waals surface area contributed by atoms with Gasteiger partial charge in [-0.05, 0) is 59.1 Å². The molecule has 1 aromatic carbocycles. The molecule has 0 amide bonds. The maximum Gasteiger partial charge on any atom is 0.0414 e. The topological polar surface area (TPSA) is 15.3 Å². The normalized spacial score (nSPS) is 15.6. The van der Waals surface area contributed by atoms with E-state index in [0.717, 1.165) is 19.1 Å². The lowest BCUT2D eigenvalue weighted by molar-refractivity contribution is 0.424. The highest BCUT2D eigenvalue weighted by Gasteiger charge is 2.29.